The number of hydrogen-bond acceptors (Lipinski definition) is 6. The summed E-state index contributed by atoms with van der Waals surface area (Å²) in [5.74, 6) is -1.21. The predicted molar refractivity (Wildman–Crippen MR) is 107 cm³/mol. The molecule has 2 amide bonds. The second-order valence-electron chi connectivity index (χ2n) is 6.84. The molecule has 1 saturated heterocycles. The molecule has 0 aliphatic carbocycles. The Hall–Kier alpha value is -2.46. The van der Waals surface area contributed by atoms with E-state index >= 15 is 0 Å². The van der Waals surface area contributed by atoms with E-state index in [0.717, 1.165) is 12.8 Å². The van der Waals surface area contributed by atoms with Crippen molar-refractivity contribution in [3.63, 3.8) is 0 Å². The minimum Gasteiger partial charge on any atom is -0.464 e. The summed E-state index contributed by atoms with van der Waals surface area (Å²) in [6.07, 6.45) is 2.04. The number of anilines is 1. The molecule has 1 aliphatic rings. The van der Waals surface area contributed by atoms with E-state index in [2.05, 4.69) is 10.0 Å². The Morgan fingerprint density at radius 1 is 1.21 bits per heavy atom. The van der Waals surface area contributed by atoms with Crippen LogP contribution in [0.5, 0.6) is 0 Å². The fourth-order valence-corrected chi connectivity index (χ4v) is 4.40. The molecule has 1 aliphatic heterocycles. The average Bonchev–Trinajstić information content (AvgIpc) is 2.67. The van der Waals surface area contributed by atoms with Crippen molar-refractivity contribution in [3.05, 3.63) is 24.3 Å². The Bertz CT molecular complexity index is 853. The maximum atomic E-state index is 12.8. The van der Waals surface area contributed by atoms with Gasteiger partial charge < -0.3 is 15.0 Å². The highest BCUT2D eigenvalue weighted by atomic mass is 32.2. The SMILES string of the molecule is CCOC(=O)C1CCCCN1C(=O)[C@H](C)NS(=O)(=O)c1ccc(NC(C)=O)cc1. The van der Waals surface area contributed by atoms with Gasteiger partial charge in [0.25, 0.3) is 0 Å². The summed E-state index contributed by atoms with van der Waals surface area (Å²) in [5.41, 5.74) is 0.464. The molecule has 29 heavy (non-hydrogen) atoms. The van der Waals surface area contributed by atoms with Gasteiger partial charge in [-0.15, -0.1) is 0 Å². The van der Waals surface area contributed by atoms with Crippen LogP contribution in [0.3, 0.4) is 0 Å². The molecule has 2 atom stereocenters. The standard InChI is InChI=1S/C19H27N3O6S/c1-4-28-19(25)17-7-5-6-12-22(17)18(24)13(2)21-29(26,27)16-10-8-15(9-11-16)20-14(3)23/h8-11,13,17,21H,4-7,12H2,1-3H3,(H,20,23)/t13-,17?/m0/s1. The topological polar surface area (TPSA) is 122 Å². The van der Waals surface area contributed by atoms with Crippen LogP contribution < -0.4 is 10.0 Å². The van der Waals surface area contributed by atoms with Crippen LogP contribution in [0, 0.1) is 0 Å². The van der Waals surface area contributed by atoms with E-state index in [-0.39, 0.29) is 17.4 Å². The molecule has 10 heteroatoms. The maximum absolute atomic E-state index is 12.8. The molecule has 1 heterocycles. The van der Waals surface area contributed by atoms with E-state index in [4.69, 9.17) is 4.74 Å². The Balaban J connectivity index is 2.10. The molecular weight excluding hydrogens is 398 g/mol. The summed E-state index contributed by atoms with van der Waals surface area (Å²) in [4.78, 5) is 37.4. The number of piperidine rings is 1. The van der Waals surface area contributed by atoms with Crippen molar-refractivity contribution >= 4 is 33.5 Å². The van der Waals surface area contributed by atoms with Crippen LogP contribution in [0.25, 0.3) is 0 Å². The molecule has 0 radical (unpaired) electrons. The van der Waals surface area contributed by atoms with Crippen LogP contribution in [0.4, 0.5) is 5.69 Å². The highest BCUT2D eigenvalue weighted by molar-refractivity contribution is 7.89. The van der Waals surface area contributed by atoms with Crippen LogP contribution >= 0.6 is 0 Å². The number of esters is 1. The molecule has 1 aromatic rings. The third-order valence-electron chi connectivity index (χ3n) is 4.53. The normalized spacial score (nSPS) is 18.0. The number of amides is 2. The molecule has 0 bridgehead atoms. The Kier molecular flexibility index (Phi) is 7.74. The quantitative estimate of drug-likeness (QED) is 0.634. The molecule has 2 rings (SSSR count). The molecule has 0 spiro atoms. The van der Waals surface area contributed by atoms with E-state index in [9.17, 15) is 22.8 Å². The van der Waals surface area contributed by atoms with Crippen molar-refractivity contribution in [3.8, 4) is 0 Å². The summed E-state index contributed by atoms with van der Waals surface area (Å²) in [7, 11) is -3.96. The third kappa shape index (κ3) is 6.01. The fraction of sp³-hybridized carbons (Fsp3) is 0.526. The van der Waals surface area contributed by atoms with E-state index in [1.54, 1.807) is 6.92 Å². The molecule has 1 aromatic carbocycles. The first-order chi connectivity index (χ1) is 13.7. The van der Waals surface area contributed by atoms with E-state index in [1.165, 1.54) is 43.0 Å². The van der Waals surface area contributed by atoms with Crippen LogP contribution in [-0.2, 0) is 29.1 Å². The van der Waals surface area contributed by atoms with Crippen LogP contribution in [0.2, 0.25) is 0 Å². The van der Waals surface area contributed by atoms with Crippen molar-refractivity contribution in [1.82, 2.24) is 9.62 Å². The zero-order valence-corrected chi connectivity index (χ0v) is 17.6. The van der Waals surface area contributed by atoms with Gasteiger partial charge in [0.05, 0.1) is 17.5 Å². The second-order valence-corrected chi connectivity index (χ2v) is 8.56. The van der Waals surface area contributed by atoms with E-state index in [1.807, 2.05) is 0 Å². The zero-order chi connectivity index (χ0) is 21.6. The molecular formula is C19H27N3O6S. The highest BCUT2D eigenvalue weighted by Gasteiger charge is 2.36. The van der Waals surface area contributed by atoms with Crippen LogP contribution in [0.15, 0.2) is 29.2 Å². The van der Waals surface area contributed by atoms with Crippen molar-refractivity contribution < 1.29 is 27.5 Å². The molecule has 1 unspecified atom stereocenters. The fourth-order valence-electron chi connectivity index (χ4n) is 3.20. The first kappa shape index (κ1) is 22.8. The predicted octanol–water partition coefficient (Wildman–Crippen LogP) is 1.26. The van der Waals surface area contributed by atoms with Gasteiger partial charge >= 0.3 is 5.97 Å². The monoisotopic (exact) mass is 425 g/mol. The second kappa shape index (κ2) is 9.84. The van der Waals surface area contributed by atoms with Gasteiger partial charge in [-0.05, 0) is 57.4 Å². The number of nitrogens with one attached hydrogen (secondary N) is 2. The maximum Gasteiger partial charge on any atom is 0.328 e. The lowest BCUT2D eigenvalue weighted by atomic mass is 10.0. The Morgan fingerprint density at radius 2 is 1.86 bits per heavy atom. The van der Waals surface area contributed by atoms with Crippen molar-refractivity contribution in [2.75, 3.05) is 18.5 Å². The number of rotatable bonds is 7. The summed E-state index contributed by atoms with van der Waals surface area (Å²) in [5, 5.41) is 2.55. The van der Waals surface area contributed by atoms with Crippen LogP contribution in [0.1, 0.15) is 40.0 Å². The summed E-state index contributed by atoms with van der Waals surface area (Å²) in [6, 6.07) is 3.86. The largest absolute Gasteiger partial charge is 0.464 e. The smallest absolute Gasteiger partial charge is 0.328 e. The molecule has 0 aromatic heterocycles. The summed E-state index contributed by atoms with van der Waals surface area (Å²) >= 11 is 0. The van der Waals surface area contributed by atoms with Gasteiger partial charge in [-0.1, -0.05) is 0 Å². The first-order valence-corrected chi connectivity index (χ1v) is 11.0. The average molecular weight is 426 g/mol. The number of carbonyl (C=O) groups excluding carboxylic acids is 3. The molecule has 2 N–H and O–H groups in total. The number of hydrogen-bond donors (Lipinski definition) is 2. The highest BCUT2D eigenvalue weighted by Crippen LogP contribution is 2.20. The lowest BCUT2D eigenvalue weighted by molar-refractivity contribution is -0.157. The van der Waals surface area contributed by atoms with E-state index in [0.29, 0.717) is 18.7 Å². The lowest BCUT2D eigenvalue weighted by Gasteiger charge is -2.35. The lowest BCUT2D eigenvalue weighted by Crippen LogP contribution is -2.54. The number of ether oxygens (including phenoxy) is 1. The van der Waals surface area contributed by atoms with Gasteiger partial charge in [0.15, 0.2) is 0 Å². The number of likely N-dealkylation sites (tertiary alicyclic amines) is 1. The van der Waals surface area contributed by atoms with Crippen LogP contribution in [-0.4, -0.2) is 56.3 Å². The Labute approximate surface area is 170 Å². The number of carbonyl (C=O) groups is 3. The molecule has 0 saturated carbocycles. The van der Waals surface area contributed by atoms with Gasteiger partial charge in [0.1, 0.15) is 6.04 Å². The number of nitrogens with zero attached hydrogens (tertiary/aromatic N) is 1. The number of sulfonamides is 1. The van der Waals surface area contributed by atoms with Crippen molar-refractivity contribution in [1.29, 1.82) is 0 Å². The zero-order valence-electron chi connectivity index (χ0n) is 16.8. The van der Waals surface area contributed by atoms with Gasteiger partial charge in [0, 0.05) is 19.2 Å². The van der Waals surface area contributed by atoms with E-state index < -0.39 is 34.0 Å². The minimum absolute atomic E-state index is 0.0353. The number of benzene rings is 1. The Morgan fingerprint density at radius 3 is 2.45 bits per heavy atom. The van der Waals surface area contributed by atoms with Gasteiger partial charge in [-0.3, -0.25) is 9.59 Å². The van der Waals surface area contributed by atoms with Crippen molar-refractivity contribution in [2.45, 2.75) is 57.0 Å². The van der Waals surface area contributed by atoms with Gasteiger partial charge in [-0.2, -0.15) is 4.72 Å². The van der Waals surface area contributed by atoms with Gasteiger partial charge in [0.2, 0.25) is 21.8 Å². The molecule has 9 nitrogen and oxygen atoms in total. The first-order valence-electron chi connectivity index (χ1n) is 9.52. The minimum atomic E-state index is -3.96. The summed E-state index contributed by atoms with van der Waals surface area (Å²) in [6.45, 7) is 5.08. The molecule has 1 fully saturated rings. The summed E-state index contributed by atoms with van der Waals surface area (Å²) < 4.78 is 32.7. The third-order valence-corrected chi connectivity index (χ3v) is 6.09. The van der Waals surface area contributed by atoms with Gasteiger partial charge in [-0.25, -0.2) is 13.2 Å². The molecule has 160 valence electrons. The van der Waals surface area contributed by atoms with Crippen molar-refractivity contribution in [2.24, 2.45) is 0 Å².